The second-order valence-corrected chi connectivity index (χ2v) is 30.9. The Balaban J connectivity index is 3.71. The molecular weight excluding hydrogens is 1220 g/mol. The quantitative estimate of drug-likeness (QED) is 0.0264. The van der Waals surface area contributed by atoms with Crippen LogP contribution in [0.5, 0.6) is 0 Å². The fraction of sp³-hybridized carbons (Fsp3) is 0.885. The van der Waals surface area contributed by atoms with E-state index < -0.39 is 26.5 Å². The summed E-state index contributed by atoms with van der Waals surface area (Å²) in [5.41, 5.74) is 5.42. The van der Waals surface area contributed by atoms with Crippen molar-refractivity contribution in [3.05, 3.63) is 48.6 Å². The molecule has 0 aromatic rings. The SMILES string of the molecule is CCCCCCC/C=C\C/C=C\CCCCCCCCCCCCCCCCCCCCCCCCCCCCCC(=O)OC(COC(=O)CCCCCCCCCCCCCCCCCCCCCCCCCCC/C=C\C/C=C\CCCCCCC)COP(=O)(O)OCCN. The third-order valence-corrected chi connectivity index (χ3v) is 20.7. The van der Waals surface area contributed by atoms with E-state index in [4.69, 9.17) is 24.3 Å². The Morgan fingerprint density at radius 1 is 0.309 bits per heavy atom. The van der Waals surface area contributed by atoms with Crippen LogP contribution in [0.15, 0.2) is 48.6 Å². The normalized spacial score (nSPS) is 13.0. The summed E-state index contributed by atoms with van der Waals surface area (Å²) in [7, 11) is -4.40. The number of ether oxygens (including phenoxy) is 2. The molecule has 0 bridgehead atoms. The third kappa shape index (κ3) is 82.8. The Kier molecular flexibility index (Phi) is 81.2. The van der Waals surface area contributed by atoms with E-state index in [1.807, 2.05) is 0 Å². The van der Waals surface area contributed by atoms with Gasteiger partial charge >= 0.3 is 19.8 Å². The van der Waals surface area contributed by atoms with Gasteiger partial charge in [-0.05, 0) is 77.0 Å². The fourth-order valence-corrected chi connectivity index (χ4v) is 14.1. The van der Waals surface area contributed by atoms with Crippen LogP contribution in [0.2, 0.25) is 0 Å². The smallest absolute Gasteiger partial charge is 0.462 e. The molecule has 0 heterocycles. The van der Waals surface area contributed by atoms with E-state index in [1.54, 1.807) is 0 Å². The fourth-order valence-electron chi connectivity index (χ4n) is 13.3. The number of phosphoric acid groups is 1. The highest BCUT2D eigenvalue weighted by Gasteiger charge is 2.26. The Hall–Kier alpha value is -2.03. The molecule has 0 aromatic heterocycles. The summed E-state index contributed by atoms with van der Waals surface area (Å²) in [4.78, 5) is 35.5. The first-order valence-electron chi connectivity index (χ1n) is 43.1. The van der Waals surface area contributed by atoms with E-state index in [-0.39, 0.29) is 38.6 Å². The van der Waals surface area contributed by atoms with Gasteiger partial charge in [-0.25, -0.2) is 4.57 Å². The van der Waals surface area contributed by atoms with Gasteiger partial charge in [0.15, 0.2) is 6.10 Å². The average Bonchev–Trinajstić information content (AvgIpc) is 2.88. The largest absolute Gasteiger partial charge is 0.472 e. The highest BCUT2D eigenvalue weighted by Crippen LogP contribution is 2.43. The van der Waals surface area contributed by atoms with E-state index in [9.17, 15) is 19.0 Å². The molecular formula is C87H166NO8P. The second-order valence-electron chi connectivity index (χ2n) is 29.4. The Labute approximate surface area is 604 Å². The molecule has 9 nitrogen and oxygen atoms in total. The van der Waals surface area contributed by atoms with Gasteiger partial charge in [-0.15, -0.1) is 0 Å². The molecule has 0 aliphatic rings. The maximum absolute atomic E-state index is 12.8. The number of hydrogen-bond acceptors (Lipinski definition) is 8. The highest BCUT2D eigenvalue weighted by atomic mass is 31.2. The van der Waals surface area contributed by atoms with Crippen molar-refractivity contribution in [1.82, 2.24) is 0 Å². The zero-order chi connectivity index (χ0) is 70.0. The molecule has 572 valence electrons. The molecule has 0 rings (SSSR count). The lowest BCUT2D eigenvalue weighted by Crippen LogP contribution is -2.29. The summed E-state index contributed by atoms with van der Waals surface area (Å²) in [6, 6.07) is 0. The van der Waals surface area contributed by atoms with Gasteiger partial charge in [0.1, 0.15) is 6.61 Å². The van der Waals surface area contributed by atoms with E-state index in [1.165, 1.54) is 385 Å². The molecule has 0 fully saturated rings. The first-order chi connectivity index (χ1) is 47.8. The van der Waals surface area contributed by atoms with Crippen LogP contribution in [-0.2, 0) is 32.7 Å². The summed E-state index contributed by atoms with van der Waals surface area (Å²) in [5, 5.41) is 0. The summed E-state index contributed by atoms with van der Waals surface area (Å²) >= 11 is 0. The van der Waals surface area contributed by atoms with E-state index >= 15 is 0 Å². The number of allylic oxidation sites excluding steroid dienone is 8. The lowest BCUT2D eigenvalue weighted by molar-refractivity contribution is -0.161. The number of nitrogens with two attached hydrogens (primary N) is 1. The van der Waals surface area contributed by atoms with Crippen molar-refractivity contribution in [2.75, 3.05) is 26.4 Å². The van der Waals surface area contributed by atoms with Crippen molar-refractivity contribution in [1.29, 1.82) is 0 Å². The summed E-state index contributed by atoms with van der Waals surface area (Å²) in [6.45, 7) is 3.81. The van der Waals surface area contributed by atoms with Crippen molar-refractivity contribution in [3.8, 4) is 0 Å². The first kappa shape index (κ1) is 95.0. The molecule has 0 radical (unpaired) electrons. The maximum atomic E-state index is 12.8. The van der Waals surface area contributed by atoms with Crippen LogP contribution >= 0.6 is 7.82 Å². The zero-order valence-corrected chi connectivity index (χ0v) is 65.7. The molecule has 0 aliphatic heterocycles. The van der Waals surface area contributed by atoms with Crippen LogP contribution in [0.4, 0.5) is 0 Å². The van der Waals surface area contributed by atoms with Crippen molar-refractivity contribution >= 4 is 19.8 Å². The van der Waals surface area contributed by atoms with Crippen molar-refractivity contribution in [2.45, 2.75) is 469 Å². The highest BCUT2D eigenvalue weighted by molar-refractivity contribution is 7.47. The first-order valence-corrected chi connectivity index (χ1v) is 44.6. The Morgan fingerprint density at radius 3 is 0.784 bits per heavy atom. The van der Waals surface area contributed by atoms with Gasteiger partial charge in [-0.3, -0.25) is 18.6 Å². The third-order valence-electron chi connectivity index (χ3n) is 19.7. The summed E-state index contributed by atoms with van der Waals surface area (Å²) in [5.74, 6) is -0.799. The zero-order valence-electron chi connectivity index (χ0n) is 64.9. The van der Waals surface area contributed by atoms with Gasteiger partial charge in [-0.1, -0.05) is 422 Å². The predicted molar refractivity (Wildman–Crippen MR) is 423 cm³/mol. The van der Waals surface area contributed by atoms with Crippen LogP contribution in [0.3, 0.4) is 0 Å². The van der Waals surface area contributed by atoms with Crippen molar-refractivity contribution < 1.29 is 37.6 Å². The standard InChI is InChI=1S/C87H166NO8P/c1-3-5-7-9-11-13-15-17-19-21-23-25-27-29-31-33-35-37-39-41-42-44-46-48-50-52-54-56-58-60-62-64-66-68-70-72-74-76-78-80-87(90)96-85(84-95-97(91,92)94-82-81-88)83-93-86(89)79-77-75-73-71-69-67-65-63-61-59-57-55-53-51-49-47-45-43-40-38-36-34-32-30-28-26-24-22-20-18-16-14-12-10-8-6-4-2/h15-18,21-24,85H,3-14,19-20,25-84,88H2,1-2H3,(H,91,92)/b17-15-,18-16-,23-21-,24-22-. The van der Waals surface area contributed by atoms with E-state index in [2.05, 4.69) is 62.5 Å². The average molecular weight is 1390 g/mol. The molecule has 3 N–H and O–H groups in total. The Bertz CT molecular complexity index is 1730. The van der Waals surface area contributed by atoms with E-state index in [0.717, 1.165) is 44.9 Å². The molecule has 0 amide bonds. The second kappa shape index (κ2) is 82.9. The monoisotopic (exact) mass is 1380 g/mol. The molecule has 0 aliphatic carbocycles. The molecule has 0 aromatic carbocycles. The van der Waals surface area contributed by atoms with Gasteiger partial charge in [0.05, 0.1) is 13.2 Å². The Morgan fingerprint density at radius 2 is 0.536 bits per heavy atom. The minimum absolute atomic E-state index is 0.0566. The number of phosphoric ester groups is 1. The lowest BCUT2D eigenvalue weighted by atomic mass is 10.0. The molecule has 0 spiro atoms. The summed E-state index contributed by atoms with van der Waals surface area (Å²) in [6.07, 6.45) is 109. The van der Waals surface area contributed by atoms with Crippen LogP contribution < -0.4 is 5.73 Å². The molecule has 2 unspecified atom stereocenters. The number of carbonyl (C=O) groups excluding carboxylic acids is 2. The minimum Gasteiger partial charge on any atom is -0.462 e. The molecule has 10 heteroatoms. The van der Waals surface area contributed by atoms with Gasteiger partial charge in [0.2, 0.25) is 0 Å². The van der Waals surface area contributed by atoms with Crippen LogP contribution in [0.1, 0.15) is 463 Å². The van der Waals surface area contributed by atoms with Gasteiger partial charge in [0, 0.05) is 19.4 Å². The molecule has 2 atom stereocenters. The molecule has 97 heavy (non-hydrogen) atoms. The van der Waals surface area contributed by atoms with Gasteiger partial charge < -0.3 is 20.1 Å². The minimum atomic E-state index is -4.40. The maximum Gasteiger partial charge on any atom is 0.472 e. The topological polar surface area (TPSA) is 134 Å². The molecule has 0 saturated heterocycles. The van der Waals surface area contributed by atoms with Crippen LogP contribution in [-0.4, -0.2) is 49.3 Å². The molecule has 0 saturated carbocycles. The number of unbranched alkanes of at least 4 members (excludes halogenated alkanes) is 62. The number of carbonyl (C=O) groups is 2. The van der Waals surface area contributed by atoms with Crippen molar-refractivity contribution in [3.63, 3.8) is 0 Å². The van der Waals surface area contributed by atoms with Crippen molar-refractivity contribution in [2.24, 2.45) is 5.73 Å². The summed E-state index contributed by atoms with van der Waals surface area (Å²) < 4.78 is 33.3. The number of rotatable bonds is 83. The van der Waals surface area contributed by atoms with Gasteiger partial charge in [0.25, 0.3) is 0 Å². The number of hydrogen-bond donors (Lipinski definition) is 2. The van der Waals surface area contributed by atoms with Crippen LogP contribution in [0, 0.1) is 0 Å². The lowest BCUT2D eigenvalue weighted by Gasteiger charge is -2.19. The van der Waals surface area contributed by atoms with Gasteiger partial charge in [-0.2, -0.15) is 0 Å². The number of esters is 2. The van der Waals surface area contributed by atoms with Crippen LogP contribution in [0.25, 0.3) is 0 Å². The predicted octanol–water partition coefficient (Wildman–Crippen LogP) is 29.1. The van der Waals surface area contributed by atoms with E-state index in [0.29, 0.717) is 6.42 Å².